The highest BCUT2D eigenvalue weighted by molar-refractivity contribution is 7.26. The van der Waals surface area contributed by atoms with Gasteiger partial charge in [-0.3, -0.25) is 0 Å². The van der Waals surface area contributed by atoms with Crippen LogP contribution in [-0.2, 0) is 0 Å². The molecule has 0 bridgehead atoms. The predicted molar refractivity (Wildman–Crippen MR) is 198 cm³/mol. The summed E-state index contributed by atoms with van der Waals surface area (Å²) in [5.41, 5.74) is 5.26. The summed E-state index contributed by atoms with van der Waals surface area (Å²) in [6, 6.07) is 53.8. The third-order valence-electron chi connectivity index (χ3n) is 9.26. The van der Waals surface area contributed by atoms with Crippen molar-refractivity contribution in [3.05, 3.63) is 152 Å². The summed E-state index contributed by atoms with van der Waals surface area (Å²) in [6.07, 6.45) is 0. The van der Waals surface area contributed by atoms with Gasteiger partial charge in [0.25, 0.3) is 0 Å². The Morgan fingerprint density at radius 3 is 1.68 bits per heavy atom. The molecule has 0 aliphatic heterocycles. The molecule has 47 heavy (non-hydrogen) atoms. The van der Waals surface area contributed by atoms with E-state index >= 15 is 0 Å². The van der Waals surface area contributed by atoms with Gasteiger partial charge in [0.2, 0.25) is 0 Å². The van der Waals surface area contributed by atoms with Crippen LogP contribution in [0.2, 0.25) is 0 Å². The fourth-order valence-corrected chi connectivity index (χ4v) is 8.19. The number of rotatable bonds is 4. The number of nitrogens with zero attached hydrogens (tertiary/aromatic N) is 3. The minimum Gasteiger partial charge on any atom is -0.208 e. The van der Waals surface area contributed by atoms with E-state index in [-0.39, 0.29) is 0 Å². The monoisotopic (exact) mass is 615 g/mol. The molecule has 0 saturated carbocycles. The standard InChI is InChI=1S/C43H25N3S/c1-2-10-28(11-3-1)41-44-42(46-43(45-41)31-22-19-26-9-4-5-12-30(26)23-31)29-20-17-27(18-21-29)32-24-36-34-14-7-6-13-33(34)35-15-8-16-37-39(35)40(36)38(25-32)47-37/h1-25H. The summed E-state index contributed by atoms with van der Waals surface area (Å²) >= 11 is 1.88. The Morgan fingerprint density at radius 1 is 0.319 bits per heavy atom. The van der Waals surface area contributed by atoms with Gasteiger partial charge >= 0.3 is 0 Å². The van der Waals surface area contributed by atoms with E-state index in [0.717, 1.165) is 22.1 Å². The zero-order chi connectivity index (χ0) is 30.9. The van der Waals surface area contributed by atoms with Crippen LogP contribution in [0.15, 0.2) is 152 Å². The highest BCUT2D eigenvalue weighted by Crippen LogP contribution is 2.46. The third kappa shape index (κ3) is 4.23. The second kappa shape index (κ2) is 10.3. The maximum atomic E-state index is 5.01. The first-order chi connectivity index (χ1) is 23.3. The van der Waals surface area contributed by atoms with Gasteiger partial charge < -0.3 is 0 Å². The van der Waals surface area contributed by atoms with E-state index in [1.165, 1.54) is 58.2 Å². The number of hydrogen-bond acceptors (Lipinski definition) is 4. The Hall–Kier alpha value is -5.97. The van der Waals surface area contributed by atoms with Crippen molar-refractivity contribution < 1.29 is 0 Å². The Labute approximate surface area is 274 Å². The van der Waals surface area contributed by atoms with E-state index in [1.807, 2.05) is 41.7 Å². The normalized spacial score (nSPS) is 11.8. The van der Waals surface area contributed by atoms with Crippen molar-refractivity contribution in [3.8, 4) is 45.3 Å². The Bertz CT molecular complexity index is 2780. The van der Waals surface area contributed by atoms with Crippen molar-refractivity contribution in [3.63, 3.8) is 0 Å². The largest absolute Gasteiger partial charge is 0.208 e. The van der Waals surface area contributed by atoms with Gasteiger partial charge in [0.1, 0.15) is 0 Å². The number of fused-ring (bicyclic) bond motifs is 4. The average molecular weight is 616 g/mol. The van der Waals surface area contributed by atoms with Gasteiger partial charge in [-0.1, -0.05) is 127 Å². The Balaban J connectivity index is 1.11. The molecule has 2 aromatic heterocycles. The fourth-order valence-electron chi connectivity index (χ4n) is 6.99. The molecule has 2 heterocycles. The lowest BCUT2D eigenvalue weighted by Gasteiger charge is -2.12. The van der Waals surface area contributed by atoms with Crippen LogP contribution < -0.4 is 0 Å². The lowest BCUT2D eigenvalue weighted by molar-refractivity contribution is 1.07. The van der Waals surface area contributed by atoms with Gasteiger partial charge in [-0.2, -0.15) is 0 Å². The van der Waals surface area contributed by atoms with Crippen molar-refractivity contribution in [2.24, 2.45) is 0 Å². The van der Waals surface area contributed by atoms with E-state index in [0.29, 0.717) is 17.5 Å². The summed E-state index contributed by atoms with van der Waals surface area (Å²) < 4.78 is 2.66. The van der Waals surface area contributed by atoms with Crippen molar-refractivity contribution in [2.75, 3.05) is 0 Å². The SMILES string of the molecule is c1ccc(-c2nc(-c3ccc(-c4cc5sc6cccc7c8ccccc8c(c4)c5c67)cc3)nc(-c3ccc4ccccc4c3)n2)cc1. The second-order valence-corrected chi connectivity index (χ2v) is 13.1. The third-order valence-corrected chi connectivity index (χ3v) is 10.4. The lowest BCUT2D eigenvalue weighted by Crippen LogP contribution is -2.00. The molecule has 0 aliphatic rings. The molecule has 218 valence electrons. The molecule has 0 unspecified atom stereocenters. The van der Waals surface area contributed by atoms with E-state index in [9.17, 15) is 0 Å². The lowest BCUT2D eigenvalue weighted by atomic mass is 9.92. The topological polar surface area (TPSA) is 38.7 Å². The predicted octanol–water partition coefficient (Wildman–Crippen LogP) is 11.8. The maximum absolute atomic E-state index is 5.01. The average Bonchev–Trinajstić information content (AvgIpc) is 3.53. The first-order valence-electron chi connectivity index (χ1n) is 15.8. The molecule has 0 amide bonds. The minimum atomic E-state index is 0.657. The first-order valence-corrected chi connectivity index (χ1v) is 16.6. The molecule has 4 heteroatoms. The first kappa shape index (κ1) is 26.3. The quantitative estimate of drug-likeness (QED) is 0.185. The molecule has 0 spiro atoms. The highest BCUT2D eigenvalue weighted by Gasteiger charge is 2.18. The van der Waals surface area contributed by atoms with Crippen molar-refractivity contribution in [1.82, 2.24) is 15.0 Å². The van der Waals surface area contributed by atoms with E-state index in [4.69, 9.17) is 15.0 Å². The van der Waals surface area contributed by atoms with Gasteiger partial charge in [-0.25, -0.2) is 15.0 Å². The molecular weight excluding hydrogens is 591 g/mol. The molecule has 8 aromatic carbocycles. The minimum absolute atomic E-state index is 0.657. The van der Waals surface area contributed by atoms with Gasteiger partial charge in [0.15, 0.2) is 17.5 Å². The molecule has 0 atom stereocenters. The summed E-state index contributed by atoms with van der Waals surface area (Å²) in [4.78, 5) is 14.9. The van der Waals surface area contributed by atoms with Crippen molar-refractivity contribution in [1.29, 1.82) is 0 Å². The van der Waals surface area contributed by atoms with E-state index in [2.05, 4.69) is 121 Å². The van der Waals surface area contributed by atoms with Gasteiger partial charge in [-0.15, -0.1) is 11.3 Å². The van der Waals surface area contributed by atoms with E-state index in [1.54, 1.807) is 0 Å². The van der Waals surface area contributed by atoms with Gasteiger partial charge in [-0.05, 0) is 67.7 Å². The summed E-state index contributed by atoms with van der Waals surface area (Å²) in [6.45, 7) is 0. The summed E-state index contributed by atoms with van der Waals surface area (Å²) in [5, 5.41) is 10.4. The van der Waals surface area contributed by atoms with Crippen LogP contribution in [-0.4, -0.2) is 15.0 Å². The van der Waals surface area contributed by atoms with Crippen LogP contribution in [0.3, 0.4) is 0 Å². The van der Waals surface area contributed by atoms with Gasteiger partial charge in [0.05, 0.1) is 0 Å². The molecule has 0 aliphatic carbocycles. The van der Waals surface area contributed by atoms with Gasteiger partial charge in [0, 0.05) is 36.9 Å². The van der Waals surface area contributed by atoms with Crippen LogP contribution >= 0.6 is 11.3 Å². The molecule has 0 saturated heterocycles. The van der Waals surface area contributed by atoms with Crippen LogP contribution in [0, 0.1) is 0 Å². The molecule has 3 nitrogen and oxygen atoms in total. The Kier molecular flexibility index (Phi) is 5.74. The zero-order valence-electron chi connectivity index (χ0n) is 25.2. The number of aromatic nitrogens is 3. The zero-order valence-corrected chi connectivity index (χ0v) is 26.0. The number of thiophene rings is 1. The van der Waals surface area contributed by atoms with Crippen molar-refractivity contribution in [2.45, 2.75) is 0 Å². The van der Waals surface area contributed by atoms with Crippen LogP contribution in [0.4, 0.5) is 0 Å². The molecular formula is C43H25N3S. The molecule has 10 aromatic rings. The van der Waals surface area contributed by atoms with Crippen LogP contribution in [0.1, 0.15) is 0 Å². The van der Waals surface area contributed by atoms with Crippen molar-refractivity contribution >= 4 is 63.8 Å². The highest BCUT2D eigenvalue weighted by atomic mass is 32.1. The Morgan fingerprint density at radius 2 is 0.894 bits per heavy atom. The second-order valence-electron chi connectivity index (χ2n) is 12.0. The van der Waals surface area contributed by atoms with Crippen LogP contribution in [0.25, 0.3) is 97.8 Å². The number of hydrogen-bond donors (Lipinski definition) is 0. The van der Waals surface area contributed by atoms with E-state index < -0.39 is 0 Å². The van der Waals surface area contributed by atoms with Crippen LogP contribution in [0.5, 0.6) is 0 Å². The fraction of sp³-hybridized carbons (Fsp3) is 0. The smallest absolute Gasteiger partial charge is 0.164 e. The maximum Gasteiger partial charge on any atom is 0.164 e. The summed E-state index contributed by atoms with van der Waals surface area (Å²) in [7, 11) is 0. The number of benzene rings is 8. The summed E-state index contributed by atoms with van der Waals surface area (Å²) in [5.74, 6) is 1.98. The molecule has 0 radical (unpaired) electrons. The molecule has 0 N–H and O–H groups in total. The molecule has 0 fully saturated rings. The molecule has 10 rings (SSSR count).